The molecule has 0 aliphatic carbocycles. The molecule has 3 rings (SSSR count). The van der Waals surface area contributed by atoms with Crippen molar-refractivity contribution in [1.29, 1.82) is 0 Å². The maximum Gasteiger partial charge on any atom is 0.151 e. The van der Waals surface area contributed by atoms with E-state index in [1.54, 1.807) is 0 Å². The second kappa shape index (κ2) is 6.67. The van der Waals surface area contributed by atoms with Gasteiger partial charge in [0.2, 0.25) is 0 Å². The highest BCUT2D eigenvalue weighted by molar-refractivity contribution is 9.10. The highest BCUT2D eigenvalue weighted by Gasteiger charge is 2.16. The van der Waals surface area contributed by atoms with Gasteiger partial charge in [0, 0.05) is 30.3 Å². The third kappa shape index (κ3) is 3.50. The lowest BCUT2D eigenvalue weighted by Gasteiger charge is -2.20. The Morgan fingerprint density at radius 2 is 2.05 bits per heavy atom. The van der Waals surface area contributed by atoms with Crippen molar-refractivity contribution in [2.45, 2.75) is 19.4 Å². The fourth-order valence-corrected chi connectivity index (χ4v) is 3.01. The Labute approximate surface area is 138 Å². The molecule has 0 amide bonds. The molecule has 2 heterocycles. The number of hydrogen-bond acceptors (Lipinski definition) is 3. The maximum atomic E-state index is 6.14. The molecule has 1 aromatic carbocycles. The predicted molar refractivity (Wildman–Crippen MR) is 92.2 cm³/mol. The average Bonchev–Trinajstić information content (AvgIpc) is 3.03. The van der Waals surface area contributed by atoms with E-state index in [1.807, 2.05) is 24.4 Å². The zero-order valence-corrected chi connectivity index (χ0v) is 14.0. The normalized spacial score (nSPS) is 14.5. The van der Waals surface area contributed by atoms with E-state index in [4.69, 9.17) is 11.6 Å². The summed E-state index contributed by atoms with van der Waals surface area (Å²) < 4.78 is 0.923. The van der Waals surface area contributed by atoms with E-state index in [9.17, 15) is 0 Å². The standard InChI is InChI=1S/C16H17BrClN3/c17-13-6-5-12(10-14(13)18)11-20-15-4-3-7-19-16(15)21-8-1-2-9-21/h3-7,10,20H,1-2,8-9,11H2. The van der Waals surface area contributed by atoms with Crippen molar-refractivity contribution < 1.29 is 0 Å². The zero-order chi connectivity index (χ0) is 14.7. The number of hydrogen-bond donors (Lipinski definition) is 1. The molecule has 1 fully saturated rings. The number of benzene rings is 1. The van der Waals surface area contributed by atoms with Gasteiger partial charge in [-0.3, -0.25) is 0 Å². The van der Waals surface area contributed by atoms with Gasteiger partial charge in [-0.15, -0.1) is 0 Å². The first kappa shape index (κ1) is 14.7. The molecular weight excluding hydrogens is 350 g/mol. The third-order valence-corrected chi connectivity index (χ3v) is 4.89. The van der Waals surface area contributed by atoms with Crippen LogP contribution in [0, 0.1) is 0 Å². The van der Waals surface area contributed by atoms with Gasteiger partial charge < -0.3 is 10.2 Å². The number of pyridine rings is 1. The molecule has 0 atom stereocenters. The van der Waals surface area contributed by atoms with Crippen LogP contribution < -0.4 is 10.2 Å². The van der Waals surface area contributed by atoms with E-state index in [2.05, 4.69) is 43.3 Å². The topological polar surface area (TPSA) is 28.2 Å². The molecule has 0 bridgehead atoms. The van der Waals surface area contributed by atoms with Gasteiger partial charge in [-0.1, -0.05) is 17.7 Å². The smallest absolute Gasteiger partial charge is 0.151 e. The molecule has 1 aliphatic heterocycles. The van der Waals surface area contributed by atoms with Crippen molar-refractivity contribution in [3.63, 3.8) is 0 Å². The molecule has 21 heavy (non-hydrogen) atoms. The molecule has 1 saturated heterocycles. The van der Waals surface area contributed by atoms with Crippen molar-refractivity contribution in [2.24, 2.45) is 0 Å². The van der Waals surface area contributed by atoms with Crippen LogP contribution in [0.3, 0.4) is 0 Å². The first-order valence-corrected chi connectivity index (χ1v) is 8.29. The minimum atomic E-state index is 0.736. The Hall–Kier alpha value is -1.26. The van der Waals surface area contributed by atoms with Gasteiger partial charge in [-0.2, -0.15) is 0 Å². The molecule has 0 saturated carbocycles. The van der Waals surface area contributed by atoms with Crippen molar-refractivity contribution in [1.82, 2.24) is 4.98 Å². The Morgan fingerprint density at radius 1 is 1.24 bits per heavy atom. The van der Waals surface area contributed by atoms with Gasteiger partial charge in [-0.25, -0.2) is 4.98 Å². The second-order valence-corrected chi connectivity index (χ2v) is 6.43. The first-order chi connectivity index (χ1) is 10.2. The van der Waals surface area contributed by atoms with Crippen LogP contribution in [0.2, 0.25) is 5.02 Å². The quantitative estimate of drug-likeness (QED) is 0.849. The van der Waals surface area contributed by atoms with Gasteiger partial charge >= 0.3 is 0 Å². The second-order valence-electron chi connectivity index (χ2n) is 5.17. The number of aromatic nitrogens is 1. The first-order valence-electron chi connectivity index (χ1n) is 7.12. The Morgan fingerprint density at radius 3 is 2.81 bits per heavy atom. The van der Waals surface area contributed by atoms with E-state index in [1.165, 1.54) is 12.8 Å². The van der Waals surface area contributed by atoms with E-state index in [0.29, 0.717) is 0 Å². The molecule has 0 spiro atoms. The highest BCUT2D eigenvalue weighted by atomic mass is 79.9. The van der Waals surface area contributed by atoms with Crippen molar-refractivity contribution in [3.05, 3.63) is 51.6 Å². The minimum absolute atomic E-state index is 0.736. The van der Waals surface area contributed by atoms with Gasteiger partial charge in [0.1, 0.15) is 0 Å². The van der Waals surface area contributed by atoms with Crippen LogP contribution >= 0.6 is 27.5 Å². The summed E-state index contributed by atoms with van der Waals surface area (Å²) in [5.74, 6) is 1.05. The summed E-state index contributed by atoms with van der Waals surface area (Å²) in [7, 11) is 0. The van der Waals surface area contributed by atoms with Gasteiger partial charge in [-0.05, 0) is 58.6 Å². The van der Waals surface area contributed by atoms with Gasteiger partial charge in [0.15, 0.2) is 5.82 Å². The number of rotatable bonds is 4. The molecule has 0 unspecified atom stereocenters. The predicted octanol–water partition coefficient (Wildman–Crippen LogP) is 4.71. The zero-order valence-electron chi connectivity index (χ0n) is 11.6. The summed E-state index contributed by atoms with van der Waals surface area (Å²) in [6.07, 6.45) is 4.35. The van der Waals surface area contributed by atoms with Crippen molar-refractivity contribution in [2.75, 3.05) is 23.3 Å². The largest absolute Gasteiger partial charge is 0.378 e. The van der Waals surface area contributed by atoms with Gasteiger partial charge in [0.25, 0.3) is 0 Å². The van der Waals surface area contributed by atoms with Crippen LogP contribution in [0.15, 0.2) is 41.0 Å². The average molecular weight is 367 g/mol. The lowest BCUT2D eigenvalue weighted by atomic mass is 10.2. The molecule has 3 nitrogen and oxygen atoms in total. The molecule has 0 radical (unpaired) electrons. The highest BCUT2D eigenvalue weighted by Crippen LogP contribution is 2.27. The summed E-state index contributed by atoms with van der Waals surface area (Å²) in [6, 6.07) is 10.1. The molecule has 5 heteroatoms. The van der Waals surface area contributed by atoms with Gasteiger partial charge in [0.05, 0.1) is 10.7 Å². The summed E-state index contributed by atoms with van der Waals surface area (Å²) >= 11 is 9.55. The van der Waals surface area contributed by atoms with Crippen LogP contribution in [-0.2, 0) is 6.54 Å². The molecule has 2 aromatic rings. The number of nitrogens with one attached hydrogen (secondary N) is 1. The Bertz CT molecular complexity index is 627. The molecule has 1 aliphatic rings. The summed E-state index contributed by atoms with van der Waals surface area (Å²) in [5.41, 5.74) is 2.23. The SMILES string of the molecule is Clc1cc(CNc2cccnc2N2CCCC2)ccc1Br. The fraction of sp³-hybridized carbons (Fsp3) is 0.312. The monoisotopic (exact) mass is 365 g/mol. The van der Waals surface area contributed by atoms with Crippen LogP contribution in [0.5, 0.6) is 0 Å². The minimum Gasteiger partial charge on any atom is -0.378 e. The van der Waals surface area contributed by atoms with Crippen molar-refractivity contribution in [3.8, 4) is 0 Å². The summed E-state index contributed by atoms with van der Waals surface area (Å²) in [4.78, 5) is 6.88. The number of anilines is 2. The molecule has 1 aromatic heterocycles. The van der Waals surface area contributed by atoms with E-state index < -0.39 is 0 Å². The van der Waals surface area contributed by atoms with Crippen LogP contribution in [0.1, 0.15) is 18.4 Å². The van der Waals surface area contributed by atoms with E-state index >= 15 is 0 Å². The van der Waals surface area contributed by atoms with E-state index in [-0.39, 0.29) is 0 Å². The van der Waals surface area contributed by atoms with Crippen LogP contribution in [-0.4, -0.2) is 18.1 Å². The van der Waals surface area contributed by atoms with E-state index in [0.717, 1.165) is 46.2 Å². The lowest BCUT2D eigenvalue weighted by Crippen LogP contribution is -2.20. The van der Waals surface area contributed by atoms with Crippen molar-refractivity contribution >= 4 is 39.0 Å². The Kier molecular flexibility index (Phi) is 4.66. The third-order valence-electron chi connectivity index (χ3n) is 3.66. The number of nitrogens with zero attached hydrogens (tertiary/aromatic N) is 2. The number of halogens is 2. The summed E-state index contributed by atoms with van der Waals surface area (Å²) in [6.45, 7) is 2.92. The molecular formula is C16H17BrClN3. The molecule has 1 N–H and O–H groups in total. The molecule has 110 valence electrons. The lowest BCUT2D eigenvalue weighted by molar-refractivity contribution is 0.935. The maximum absolute atomic E-state index is 6.14. The fourth-order valence-electron chi connectivity index (χ4n) is 2.56. The van der Waals surface area contributed by atoms with Crippen LogP contribution in [0.25, 0.3) is 0 Å². The Balaban J connectivity index is 1.74. The summed E-state index contributed by atoms with van der Waals surface area (Å²) in [5, 5.41) is 4.21. The van der Waals surface area contributed by atoms with Crippen LogP contribution in [0.4, 0.5) is 11.5 Å².